The number of pyridine rings is 1. The Labute approximate surface area is 154 Å². The molecule has 0 aliphatic carbocycles. The number of hydrogen-bond acceptors (Lipinski definition) is 5. The van der Waals surface area contributed by atoms with E-state index >= 15 is 0 Å². The number of amides is 1. The summed E-state index contributed by atoms with van der Waals surface area (Å²) in [4.78, 5) is 23.3. The van der Waals surface area contributed by atoms with Crippen LogP contribution in [0.1, 0.15) is 18.4 Å². The molecule has 2 aromatic heterocycles. The van der Waals surface area contributed by atoms with E-state index in [1.807, 2.05) is 12.1 Å². The fraction of sp³-hybridized carbons (Fsp3) is 0.316. The van der Waals surface area contributed by atoms with Gasteiger partial charge in [0.2, 0.25) is 5.91 Å². The summed E-state index contributed by atoms with van der Waals surface area (Å²) in [6.45, 7) is 2.03. The van der Waals surface area contributed by atoms with Crippen molar-refractivity contribution in [1.82, 2.24) is 15.3 Å². The van der Waals surface area contributed by atoms with Gasteiger partial charge in [0.25, 0.3) is 0 Å². The minimum Gasteiger partial charge on any atom is -0.352 e. The van der Waals surface area contributed by atoms with E-state index in [4.69, 9.17) is 0 Å². The van der Waals surface area contributed by atoms with Gasteiger partial charge < -0.3 is 10.2 Å². The summed E-state index contributed by atoms with van der Waals surface area (Å²) in [5.41, 5.74) is 1.84. The number of nitrogens with zero attached hydrogens (tertiary/aromatic N) is 3. The van der Waals surface area contributed by atoms with Crippen LogP contribution in [0.5, 0.6) is 0 Å². The van der Waals surface area contributed by atoms with Crippen molar-refractivity contribution in [2.45, 2.75) is 19.4 Å². The zero-order valence-electron chi connectivity index (χ0n) is 14.2. The van der Waals surface area contributed by atoms with Gasteiger partial charge in [0.05, 0.1) is 16.1 Å². The minimum atomic E-state index is -0.250. The Morgan fingerprint density at radius 1 is 1.31 bits per heavy atom. The first-order valence-corrected chi connectivity index (χ1v) is 9.48. The van der Waals surface area contributed by atoms with Gasteiger partial charge >= 0.3 is 0 Å². The van der Waals surface area contributed by atoms with E-state index in [1.54, 1.807) is 18.5 Å². The molecular weight excluding hydrogens is 351 g/mol. The molecule has 0 spiro atoms. The molecule has 1 fully saturated rings. The Bertz CT molecular complexity index is 914. The summed E-state index contributed by atoms with van der Waals surface area (Å²) in [5.74, 6) is -0.243. The Morgan fingerprint density at radius 3 is 3.00 bits per heavy atom. The first kappa shape index (κ1) is 16.9. The maximum absolute atomic E-state index is 13.4. The predicted molar refractivity (Wildman–Crippen MR) is 101 cm³/mol. The van der Waals surface area contributed by atoms with Crippen LogP contribution in [0, 0.1) is 11.7 Å². The maximum Gasteiger partial charge on any atom is 0.225 e. The highest BCUT2D eigenvalue weighted by molar-refractivity contribution is 7.22. The third-order valence-electron chi connectivity index (χ3n) is 4.62. The smallest absolute Gasteiger partial charge is 0.225 e. The molecular formula is C19H19FN4OS. The van der Waals surface area contributed by atoms with Crippen molar-refractivity contribution in [3.05, 3.63) is 54.1 Å². The van der Waals surface area contributed by atoms with Gasteiger partial charge in [-0.05, 0) is 48.7 Å². The van der Waals surface area contributed by atoms with Crippen molar-refractivity contribution in [3.8, 4) is 0 Å². The number of rotatable bonds is 4. The largest absolute Gasteiger partial charge is 0.352 e. The van der Waals surface area contributed by atoms with Gasteiger partial charge in [-0.3, -0.25) is 9.78 Å². The van der Waals surface area contributed by atoms with Crippen molar-refractivity contribution in [2.75, 3.05) is 18.0 Å². The molecule has 1 amide bonds. The second kappa shape index (κ2) is 7.37. The lowest BCUT2D eigenvalue weighted by atomic mass is 9.97. The van der Waals surface area contributed by atoms with Crippen molar-refractivity contribution in [1.29, 1.82) is 0 Å². The number of piperidine rings is 1. The molecule has 4 rings (SSSR count). The van der Waals surface area contributed by atoms with Crippen LogP contribution in [0.25, 0.3) is 10.2 Å². The molecule has 26 heavy (non-hydrogen) atoms. The van der Waals surface area contributed by atoms with E-state index < -0.39 is 0 Å². The lowest BCUT2D eigenvalue weighted by molar-refractivity contribution is -0.125. The summed E-state index contributed by atoms with van der Waals surface area (Å²) in [5, 5.41) is 3.87. The molecule has 0 saturated carbocycles. The third kappa shape index (κ3) is 3.67. The number of hydrogen-bond donors (Lipinski definition) is 1. The molecule has 1 unspecified atom stereocenters. The zero-order valence-corrected chi connectivity index (χ0v) is 15.0. The normalized spacial score (nSPS) is 17.4. The van der Waals surface area contributed by atoms with E-state index in [1.165, 1.54) is 23.5 Å². The molecule has 1 aromatic carbocycles. The monoisotopic (exact) mass is 370 g/mol. The first-order chi connectivity index (χ1) is 12.7. The molecule has 1 N–H and O–H groups in total. The topological polar surface area (TPSA) is 58.1 Å². The van der Waals surface area contributed by atoms with Crippen LogP contribution in [-0.2, 0) is 11.3 Å². The molecule has 3 aromatic rings. The van der Waals surface area contributed by atoms with Crippen LogP contribution in [-0.4, -0.2) is 29.0 Å². The highest BCUT2D eigenvalue weighted by Crippen LogP contribution is 2.32. The number of carbonyl (C=O) groups excluding carboxylic acids is 1. The molecule has 3 heterocycles. The predicted octanol–water partition coefficient (Wildman–Crippen LogP) is 3.36. The van der Waals surface area contributed by atoms with Crippen LogP contribution in [0.4, 0.5) is 9.52 Å². The standard InChI is InChI=1S/C19H19FN4OS/c20-15-3-4-16-17(10-15)26-19(23-16)24-9-1-2-14(12-24)18(25)22-11-13-5-7-21-8-6-13/h3-8,10,14H,1-2,9,11-12H2,(H,22,25). The molecule has 5 nitrogen and oxygen atoms in total. The van der Waals surface area contributed by atoms with E-state index in [9.17, 15) is 9.18 Å². The van der Waals surface area contributed by atoms with Gasteiger partial charge in [0.15, 0.2) is 5.13 Å². The number of anilines is 1. The summed E-state index contributed by atoms with van der Waals surface area (Å²) in [6, 6.07) is 8.44. The van der Waals surface area contributed by atoms with Crippen LogP contribution in [0.15, 0.2) is 42.7 Å². The van der Waals surface area contributed by atoms with Crippen molar-refractivity contribution < 1.29 is 9.18 Å². The molecule has 0 bridgehead atoms. The van der Waals surface area contributed by atoms with Gasteiger partial charge in [-0.2, -0.15) is 0 Å². The van der Waals surface area contributed by atoms with Crippen molar-refractivity contribution >= 4 is 32.6 Å². The lowest BCUT2D eigenvalue weighted by Gasteiger charge is -2.31. The number of aromatic nitrogens is 2. The first-order valence-electron chi connectivity index (χ1n) is 8.67. The molecule has 1 aliphatic heterocycles. The summed E-state index contributed by atoms with van der Waals surface area (Å²) < 4.78 is 14.2. The Balaban J connectivity index is 1.42. The van der Waals surface area contributed by atoms with E-state index in [0.717, 1.165) is 40.3 Å². The highest BCUT2D eigenvalue weighted by Gasteiger charge is 2.27. The quantitative estimate of drug-likeness (QED) is 0.765. The van der Waals surface area contributed by atoms with Crippen LogP contribution in [0.2, 0.25) is 0 Å². The Morgan fingerprint density at radius 2 is 2.15 bits per heavy atom. The second-order valence-electron chi connectivity index (χ2n) is 6.47. The fourth-order valence-electron chi connectivity index (χ4n) is 3.22. The number of carbonyl (C=O) groups is 1. The summed E-state index contributed by atoms with van der Waals surface area (Å²) >= 11 is 1.48. The molecule has 1 aliphatic rings. The number of fused-ring (bicyclic) bond motifs is 1. The number of halogens is 1. The van der Waals surface area contributed by atoms with Gasteiger partial charge in [0.1, 0.15) is 5.82 Å². The van der Waals surface area contributed by atoms with E-state index in [-0.39, 0.29) is 17.6 Å². The summed E-state index contributed by atoms with van der Waals surface area (Å²) in [7, 11) is 0. The SMILES string of the molecule is O=C(NCc1ccncc1)C1CCCN(c2nc3ccc(F)cc3s2)C1. The number of thiazole rings is 1. The molecule has 134 valence electrons. The minimum absolute atomic E-state index is 0.0608. The number of nitrogens with one attached hydrogen (secondary N) is 1. The summed E-state index contributed by atoms with van der Waals surface area (Å²) in [6.07, 6.45) is 5.26. The molecule has 1 saturated heterocycles. The van der Waals surface area contributed by atoms with Crippen LogP contribution >= 0.6 is 11.3 Å². The molecule has 1 atom stereocenters. The fourth-order valence-corrected chi connectivity index (χ4v) is 4.25. The van der Waals surface area contributed by atoms with E-state index in [0.29, 0.717) is 13.1 Å². The zero-order chi connectivity index (χ0) is 17.9. The maximum atomic E-state index is 13.4. The average molecular weight is 370 g/mol. The van der Waals surface area contributed by atoms with Crippen molar-refractivity contribution in [2.24, 2.45) is 5.92 Å². The molecule has 7 heteroatoms. The third-order valence-corrected chi connectivity index (χ3v) is 5.70. The van der Waals surface area contributed by atoms with Crippen LogP contribution in [0.3, 0.4) is 0 Å². The van der Waals surface area contributed by atoms with E-state index in [2.05, 4.69) is 20.2 Å². The van der Waals surface area contributed by atoms with Gasteiger partial charge in [-0.25, -0.2) is 9.37 Å². The highest BCUT2D eigenvalue weighted by atomic mass is 32.1. The van der Waals surface area contributed by atoms with Gasteiger partial charge in [-0.15, -0.1) is 0 Å². The van der Waals surface area contributed by atoms with Crippen molar-refractivity contribution in [3.63, 3.8) is 0 Å². The Hall–Kier alpha value is -2.54. The van der Waals surface area contributed by atoms with Gasteiger partial charge in [-0.1, -0.05) is 11.3 Å². The van der Waals surface area contributed by atoms with Gasteiger partial charge in [0, 0.05) is 32.0 Å². The second-order valence-corrected chi connectivity index (χ2v) is 7.48. The molecule has 0 radical (unpaired) electrons. The van der Waals surface area contributed by atoms with Crippen LogP contribution < -0.4 is 10.2 Å². The average Bonchev–Trinajstić information content (AvgIpc) is 3.10. The Kier molecular flexibility index (Phi) is 4.79. The lowest BCUT2D eigenvalue weighted by Crippen LogP contribution is -2.42. The number of benzene rings is 1.